The zero-order valence-electron chi connectivity index (χ0n) is 11.2. The summed E-state index contributed by atoms with van der Waals surface area (Å²) in [6.45, 7) is 2.91. The summed E-state index contributed by atoms with van der Waals surface area (Å²) in [7, 11) is -2.41. The maximum atomic E-state index is 12.2. The fourth-order valence-electron chi connectivity index (χ4n) is 1.74. The van der Waals surface area contributed by atoms with Crippen LogP contribution in [0, 0.1) is 0 Å². The van der Waals surface area contributed by atoms with Gasteiger partial charge in [-0.25, -0.2) is 17.7 Å². The van der Waals surface area contributed by atoms with Crippen LogP contribution in [0.3, 0.4) is 0 Å². The van der Waals surface area contributed by atoms with Crippen LogP contribution in [0.1, 0.15) is 18.9 Å². The van der Waals surface area contributed by atoms with Crippen molar-refractivity contribution in [2.45, 2.75) is 19.4 Å². The van der Waals surface area contributed by atoms with E-state index in [1.54, 1.807) is 5.38 Å². The van der Waals surface area contributed by atoms with E-state index >= 15 is 0 Å². The van der Waals surface area contributed by atoms with E-state index in [0.717, 1.165) is 4.31 Å². The van der Waals surface area contributed by atoms with E-state index in [0.29, 0.717) is 5.01 Å². The lowest BCUT2D eigenvalue weighted by atomic mass is 10.0. The minimum absolute atomic E-state index is 0.175. The molecule has 0 saturated carbocycles. The number of ether oxygens (including phenoxy) is 1. The van der Waals surface area contributed by atoms with Gasteiger partial charge in [-0.05, 0) is 13.8 Å². The monoisotopic (exact) mass is 318 g/mol. The molecule has 0 radical (unpaired) electrons. The highest BCUT2D eigenvalue weighted by molar-refractivity contribution is 7.89. The lowest BCUT2D eigenvalue weighted by Gasteiger charge is -2.24. The summed E-state index contributed by atoms with van der Waals surface area (Å²) in [6, 6.07) is 0. The quantitative estimate of drug-likeness (QED) is 0.888. The molecule has 2 rings (SSSR count). The number of sulfonamides is 1. The van der Waals surface area contributed by atoms with Crippen molar-refractivity contribution in [3.8, 4) is 0 Å². The van der Waals surface area contributed by atoms with Gasteiger partial charge in [0.25, 0.3) is 11.7 Å². The van der Waals surface area contributed by atoms with Gasteiger partial charge in [-0.1, -0.05) is 0 Å². The van der Waals surface area contributed by atoms with E-state index in [9.17, 15) is 18.3 Å². The van der Waals surface area contributed by atoms with Crippen LogP contribution in [0.25, 0.3) is 0 Å². The summed E-state index contributed by atoms with van der Waals surface area (Å²) in [5, 5.41) is 11.9. The molecule has 1 aliphatic rings. The van der Waals surface area contributed by atoms with Crippen molar-refractivity contribution in [2.75, 3.05) is 12.8 Å². The molecule has 9 heteroatoms. The number of ketones is 1. The molecule has 1 aromatic rings. The third kappa shape index (κ3) is 2.06. The van der Waals surface area contributed by atoms with Crippen molar-refractivity contribution < 1.29 is 23.1 Å². The van der Waals surface area contributed by atoms with Crippen LogP contribution in [-0.2, 0) is 25.2 Å². The molecule has 0 aromatic carbocycles. The van der Waals surface area contributed by atoms with E-state index in [2.05, 4.69) is 4.98 Å². The number of carbonyl (C=O) groups excluding carboxylic acids is 1. The topological polar surface area (TPSA) is 96.8 Å². The largest absolute Gasteiger partial charge is 0.501 e. The fraction of sp³-hybridized carbons (Fsp3) is 0.455. The molecule has 0 fully saturated rings. The molecular weight excluding hydrogens is 304 g/mol. The van der Waals surface area contributed by atoms with Crippen LogP contribution < -0.4 is 0 Å². The van der Waals surface area contributed by atoms with Gasteiger partial charge in [0, 0.05) is 18.6 Å². The Morgan fingerprint density at radius 3 is 2.70 bits per heavy atom. The number of hydrogen-bond acceptors (Lipinski definition) is 7. The Morgan fingerprint density at radius 1 is 1.55 bits per heavy atom. The van der Waals surface area contributed by atoms with Gasteiger partial charge in [0.05, 0.1) is 5.75 Å². The summed E-state index contributed by atoms with van der Waals surface area (Å²) >= 11 is 1.19. The molecule has 20 heavy (non-hydrogen) atoms. The number of rotatable bonds is 4. The van der Waals surface area contributed by atoms with Gasteiger partial charge in [0.2, 0.25) is 21.4 Å². The molecule has 1 N–H and O–H groups in total. The number of aliphatic hydroxyl groups is 1. The summed E-state index contributed by atoms with van der Waals surface area (Å²) in [5.41, 5.74) is -1.49. The van der Waals surface area contributed by atoms with E-state index in [1.165, 1.54) is 38.4 Å². The number of nitrogens with zero attached hydrogens (tertiary/aromatic N) is 2. The molecule has 1 unspecified atom stereocenters. The van der Waals surface area contributed by atoms with E-state index in [-0.39, 0.29) is 11.6 Å². The number of aliphatic hydroxyl groups excluding tert-OH is 1. The van der Waals surface area contributed by atoms with Crippen molar-refractivity contribution in [1.29, 1.82) is 0 Å². The molecular formula is C11H14N2O5S2. The highest BCUT2D eigenvalue weighted by Gasteiger charge is 2.51. The minimum atomic E-state index is -3.64. The number of hydrogen-bond donors (Lipinski definition) is 1. The Bertz CT molecular complexity index is 665. The molecule has 7 nitrogen and oxygen atoms in total. The molecule has 2 heterocycles. The van der Waals surface area contributed by atoms with Gasteiger partial charge in [-0.3, -0.25) is 4.79 Å². The number of carbonyl (C=O) groups is 1. The SMILES string of the molecule is CCS(=O)(=O)N(C)C1=C(O)C(=O)C(C)(c2nccs2)O1. The standard InChI is InChI=1S/C11H14N2O5S2/c1-4-20(16,17)13(3)9-7(14)8(15)11(2,18-9)10-12-5-6-19-10/h5-6,14H,4H2,1-3H3. The Kier molecular flexibility index (Phi) is 3.51. The molecule has 0 spiro atoms. The maximum absolute atomic E-state index is 12.2. The first kappa shape index (κ1) is 14.8. The summed E-state index contributed by atoms with van der Waals surface area (Å²) in [5.74, 6) is -1.96. The number of Topliss-reactive ketones (excluding diaryl/α,β-unsaturated/α-hetero) is 1. The lowest BCUT2D eigenvalue weighted by Crippen LogP contribution is -2.33. The highest BCUT2D eigenvalue weighted by atomic mass is 32.2. The van der Waals surface area contributed by atoms with Crippen LogP contribution in [0.5, 0.6) is 0 Å². The first-order valence-corrected chi connectivity index (χ1v) is 8.26. The predicted octanol–water partition coefficient (Wildman–Crippen LogP) is 0.966. The maximum Gasteiger partial charge on any atom is 0.253 e. The summed E-state index contributed by atoms with van der Waals surface area (Å²) in [6.07, 6.45) is 1.50. The van der Waals surface area contributed by atoms with Gasteiger partial charge in [0.1, 0.15) is 5.01 Å². The van der Waals surface area contributed by atoms with Crippen LogP contribution in [0.2, 0.25) is 0 Å². The average Bonchev–Trinajstić information content (AvgIpc) is 3.02. The molecule has 0 bridgehead atoms. The zero-order chi connectivity index (χ0) is 15.1. The fourth-order valence-corrected chi connectivity index (χ4v) is 3.24. The van der Waals surface area contributed by atoms with Gasteiger partial charge in [-0.2, -0.15) is 0 Å². The Balaban J connectivity index is 2.42. The molecule has 1 atom stereocenters. The highest BCUT2D eigenvalue weighted by Crippen LogP contribution is 2.40. The zero-order valence-corrected chi connectivity index (χ0v) is 12.8. The average molecular weight is 318 g/mol. The molecule has 1 aliphatic heterocycles. The van der Waals surface area contributed by atoms with Crippen molar-refractivity contribution in [3.05, 3.63) is 28.2 Å². The first-order valence-electron chi connectivity index (χ1n) is 5.77. The Labute approximate surface area is 120 Å². The predicted molar refractivity (Wildman–Crippen MR) is 72.4 cm³/mol. The second kappa shape index (κ2) is 4.74. The smallest absolute Gasteiger partial charge is 0.253 e. The molecule has 1 aromatic heterocycles. The van der Waals surface area contributed by atoms with Crippen LogP contribution in [0.4, 0.5) is 0 Å². The minimum Gasteiger partial charge on any atom is -0.501 e. The first-order chi connectivity index (χ1) is 9.24. The Morgan fingerprint density at radius 2 is 2.20 bits per heavy atom. The second-order valence-corrected chi connectivity index (χ2v) is 7.51. The van der Waals surface area contributed by atoms with Crippen molar-refractivity contribution >= 4 is 27.1 Å². The molecule has 0 saturated heterocycles. The number of aromatic nitrogens is 1. The molecule has 0 aliphatic carbocycles. The van der Waals surface area contributed by atoms with E-state index in [1.807, 2.05) is 0 Å². The Hall–Kier alpha value is -1.61. The summed E-state index contributed by atoms with van der Waals surface area (Å²) < 4.78 is 29.8. The van der Waals surface area contributed by atoms with Crippen LogP contribution in [-0.4, -0.2) is 41.4 Å². The van der Waals surface area contributed by atoms with E-state index in [4.69, 9.17) is 4.74 Å². The molecule has 110 valence electrons. The van der Waals surface area contributed by atoms with Crippen LogP contribution >= 0.6 is 11.3 Å². The number of thiazole rings is 1. The van der Waals surface area contributed by atoms with Gasteiger partial charge >= 0.3 is 0 Å². The second-order valence-electron chi connectivity index (χ2n) is 4.32. The van der Waals surface area contributed by atoms with Gasteiger partial charge in [-0.15, -0.1) is 11.3 Å². The van der Waals surface area contributed by atoms with Crippen molar-refractivity contribution in [3.63, 3.8) is 0 Å². The van der Waals surface area contributed by atoms with Crippen molar-refractivity contribution in [1.82, 2.24) is 9.29 Å². The lowest BCUT2D eigenvalue weighted by molar-refractivity contribution is -0.132. The van der Waals surface area contributed by atoms with Gasteiger partial charge < -0.3 is 9.84 Å². The van der Waals surface area contributed by atoms with E-state index < -0.39 is 27.2 Å². The third-order valence-electron chi connectivity index (χ3n) is 3.06. The van der Waals surface area contributed by atoms with Gasteiger partial charge in [0.15, 0.2) is 0 Å². The van der Waals surface area contributed by atoms with Crippen LogP contribution in [0.15, 0.2) is 23.2 Å². The van der Waals surface area contributed by atoms with Crippen molar-refractivity contribution in [2.24, 2.45) is 0 Å². The summed E-state index contributed by atoms with van der Waals surface area (Å²) in [4.78, 5) is 16.2. The normalized spacial score (nSPS) is 23.1. The molecule has 0 amide bonds. The third-order valence-corrected chi connectivity index (χ3v) is 5.77.